The van der Waals surface area contributed by atoms with Gasteiger partial charge in [-0.15, -0.1) is 0 Å². The Balaban J connectivity index is 1.21. The van der Waals surface area contributed by atoms with Gasteiger partial charge in [-0.2, -0.15) is 15.2 Å². The fourth-order valence-electron chi connectivity index (χ4n) is 7.55. The van der Waals surface area contributed by atoms with Crippen LogP contribution in [0.5, 0.6) is 6.01 Å². The van der Waals surface area contributed by atoms with Crippen LogP contribution in [0.1, 0.15) is 61.3 Å². The third-order valence-corrected chi connectivity index (χ3v) is 10.1. The number of nitriles is 1. The molecule has 2 saturated heterocycles. The van der Waals surface area contributed by atoms with Gasteiger partial charge in [-0.1, -0.05) is 36.9 Å². The van der Waals surface area contributed by atoms with Crippen LogP contribution in [0.25, 0.3) is 10.8 Å². The van der Waals surface area contributed by atoms with Crippen molar-refractivity contribution in [3.63, 3.8) is 0 Å². The van der Waals surface area contributed by atoms with Crippen LogP contribution in [0.15, 0.2) is 48.8 Å². The van der Waals surface area contributed by atoms with Crippen LogP contribution >= 0.6 is 0 Å². The zero-order valence-corrected chi connectivity index (χ0v) is 26.6. The van der Waals surface area contributed by atoms with E-state index >= 15 is 0 Å². The van der Waals surface area contributed by atoms with Gasteiger partial charge in [0.05, 0.1) is 37.2 Å². The highest BCUT2D eigenvalue weighted by atomic mass is 19.1. The highest BCUT2D eigenvalue weighted by Gasteiger charge is 2.35. The van der Waals surface area contributed by atoms with Crippen molar-refractivity contribution in [1.82, 2.24) is 19.8 Å². The summed E-state index contributed by atoms with van der Waals surface area (Å²) in [4.78, 5) is 31.4. The monoisotopic (exact) mass is 623 g/mol. The normalized spacial score (nSPS) is 21.7. The van der Waals surface area contributed by atoms with Crippen LogP contribution in [0.2, 0.25) is 0 Å². The Kier molecular flexibility index (Phi) is 8.52. The Hall–Kier alpha value is -4.23. The van der Waals surface area contributed by atoms with E-state index in [0.29, 0.717) is 50.8 Å². The maximum Gasteiger partial charge on any atom is 0.318 e. The van der Waals surface area contributed by atoms with E-state index in [2.05, 4.69) is 70.8 Å². The molecule has 4 aliphatic rings. The predicted octanol–water partition coefficient (Wildman–Crippen LogP) is 5.35. The minimum Gasteiger partial charge on any atom is -0.462 e. The van der Waals surface area contributed by atoms with Crippen LogP contribution < -0.4 is 14.5 Å². The molecule has 1 aromatic heterocycles. The molecule has 4 heterocycles. The number of fused-ring (bicyclic) bond motifs is 2. The Morgan fingerprint density at radius 2 is 1.89 bits per heavy atom. The van der Waals surface area contributed by atoms with Gasteiger partial charge in [0, 0.05) is 48.9 Å². The van der Waals surface area contributed by atoms with Crippen molar-refractivity contribution >= 4 is 28.2 Å². The summed E-state index contributed by atoms with van der Waals surface area (Å²) in [5, 5.41) is 12.2. The lowest BCUT2D eigenvalue weighted by Crippen LogP contribution is -2.55. The highest BCUT2D eigenvalue weighted by Crippen LogP contribution is 2.46. The van der Waals surface area contributed by atoms with Crippen molar-refractivity contribution in [2.24, 2.45) is 0 Å². The largest absolute Gasteiger partial charge is 0.462 e. The molecule has 3 aromatic rings. The van der Waals surface area contributed by atoms with Crippen molar-refractivity contribution in [2.45, 2.75) is 69.5 Å². The fraction of sp³-hybridized carbons (Fsp3) is 0.500. The van der Waals surface area contributed by atoms with Crippen LogP contribution in [0.3, 0.4) is 0 Å². The molecule has 7 rings (SSSR count). The lowest BCUT2D eigenvalue weighted by Gasteiger charge is -2.42. The first-order chi connectivity index (χ1) is 22.4. The van der Waals surface area contributed by atoms with Gasteiger partial charge in [-0.3, -0.25) is 4.79 Å². The molecular formula is C36H42FN7O2. The highest BCUT2D eigenvalue weighted by molar-refractivity contribution is 5.97. The number of halogens is 1. The molecule has 1 aliphatic carbocycles. The number of likely N-dealkylation sites (tertiary alicyclic amines) is 1. The molecule has 10 heteroatoms. The van der Waals surface area contributed by atoms with Crippen LogP contribution in [0, 0.1) is 11.3 Å². The summed E-state index contributed by atoms with van der Waals surface area (Å²) < 4.78 is 19.9. The third kappa shape index (κ3) is 6.13. The molecule has 240 valence electrons. The molecule has 0 radical (unpaired) electrons. The SMILES string of the molecule is C=C(F)CC(=O)N1CCN(c2nc(OC[C@@H]3CCCN3C)nc3c2CCN(c2cccc4cccc(C5CC5)c24)C3)C[C@@H]1CC#N. The second kappa shape index (κ2) is 12.9. The molecule has 2 atom stereocenters. The average molecular weight is 624 g/mol. The third-order valence-electron chi connectivity index (χ3n) is 10.1. The number of ether oxygens (including phenoxy) is 1. The van der Waals surface area contributed by atoms with E-state index in [0.717, 1.165) is 49.4 Å². The van der Waals surface area contributed by atoms with Crippen LogP contribution in [0.4, 0.5) is 15.9 Å². The minimum absolute atomic E-state index is 0.157. The molecule has 3 fully saturated rings. The molecule has 9 nitrogen and oxygen atoms in total. The van der Waals surface area contributed by atoms with Gasteiger partial charge < -0.3 is 24.3 Å². The molecular weight excluding hydrogens is 581 g/mol. The number of carbonyl (C=O) groups excluding carboxylic acids is 1. The number of rotatable bonds is 9. The second-order valence-corrected chi connectivity index (χ2v) is 13.3. The average Bonchev–Trinajstić information content (AvgIpc) is 3.82. The fourth-order valence-corrected chi connectivity index (χ4v) is 7.55. The van der Waals surface area contributed by atoms with E-state index in [1.54, 1.807) is 4.90 Å². The van der Waals surface area contributed by atoms with Crippen molar-refractivity contribution in [2.75, 3.05) is 56.2 Å². The molecule has 46 heavy (non-hydrogen) atoms. The number of anilines is 2. The molecule has 0 spiro atoms. The summed E-state index contributed by atoms with van der Waals surface area (Å²) in [6, 6.07) is 15.8. The van der Waals surface area contributed by atoms with E-state index in [4.69, 9.17) is 14.7 Å². The Labute approximate surface area is 270 Å². The number of amides is 1. The number of hydrogen-bond donors (Lipinski definition) is 0. The second-order valence-electron chi connectivity index (χ2n) is 13.3. The van der Waals surface area contributed by atoms with E-state index < -0.39 is 5.83 Å². The molecule has 0 unspecified atom stereocenters. The number of carbonyl (C=O) groups is 1. The number of hydrogen-bond acceptors (Lipinski definition) is 8. The van der Waals surface area contributed by atoms with Crippen LogP contribution in [-0.4, -0.2) is 84.1 Å². The molecule has 2 aromatic carbocycles. The van der Waals surface area contributed by atoms with Gasteiger partial charge in [0.15, 0.2) is 0 Å². The number of nitrogens with zero attached hydrogens (tertiary/aromatic N) is 7. The van der Waals surface area contributed by atoms with Gasteiger partial charge in [-0.05, 0) is 68.6 Å². The number of piperazine rings is 1. The molecule has 3 aliphatic heterocycles. The lowest BCUT2D eigenvalue weighted by atomic mass is 9.97. The first-order valence-electron chi connectivity index (χ1n) is 16.6. The van der Waals surface area contributed by atoms with E-state index in [-0.39, 0.29) is 24.8 Å². The molecule has 0 N–H and O–H groups in total. The Bertz CT molecular complexity index is 1680. The summed E-state index contributed by atoms with van der Waals surface area (Å²) in [5.41, 5.74) is 4.74. The first-order valence-corrected chi connectivity index (χ1v) is 16.6. The van der Waals surface area contributed by atoms with Gasteiger partial charge in [-0.25, -0.2) is 4.39 Å². The Morgan fingerprint density at radius 3 is 2.63 bits per heavy atom. The quantitative estimate of drug-likeness (QED) is 0.316. The van der Waals surface area contributed by atoms with E-state index in [9.17, 15) is 14.4 Å². The standard InChI is InChI=1S/C36H42FN7O2/c1-24(37)20-33(45)44-19-18-43(21-27(44)13-15-38)35-30-14-17-42(22-31(30)39-36(40-35)46-23-28-8-5-16-41(28)2)32-10-4-7-26-6-3-9-29(34(26)32)25-11-12-25/h3-4,6-7,9-10,25,27-28H,1,5,8,11-14,16-23H2,2H3/t27-,28-/m0/s1. The zero-order valence-electron chi connectivity index (χ0n) is 26.6. The number of aromatic nitrogens is 2. The smallest absolute Gasteiger partial charge is 0.318 e. The van der Waals surface area contributed by atoms with Crippen molar-refractivity contribution in [3.05, 3.63) is 65.6 Å². The van der Waals surface area contributed by atoms with Crippen LogP contribution in [-0.2, 0) is 17.8 Å². The van der Waals surface area contributed by atoms with Gasteiger partial charge in [0.2, 0.25) is 5.91 Å². The van der Waals surface area contributed by atoms with Crippen molar-refractivity contribution < 1.29 is 13.9 Å². The molecule has 0 bridgehead atoms. The topological polar surface area (TPSA) is 88.8 Å². The number of likely N-dealkylation sites (N-methyl/N-ethyl adjacent to an activating group) is 1. The maximum absolute atomic E-state index is 13.6. The summed E-state index contributed by atoms with van der Waals surface area (Å²) in [7, 11) is 2.13. The summed E-state index contributed by atoms with van der Waals surface area (Å²) in [6.45, 7) is 7.66. The zero-order chi connectivity index (χ0) is 31.8. The molecule has 1 saturated carbocycles. The number of benzene rings is 2. The first kappa shape index (κ1) is 30.4. The summed E-state index contributed by atoms with van der Waals surface area (Å²) >= 11 is 0. The molecule has 1 amide bonds. The van der Waals surface area contributed by atoms with E-state index in [1.165, 1.54) is 34.9 Å². The minimum atomic E-state index is -0.664. The predicted molar refractivity (Wildman–Crippen MR) is 177 cm³/mol. The van der Waals surface area contributed by atoms with Gasteiger partial charge in [0.1, 0.15) is 18.3 Å². The Morgan fingerprint density at radius 1 is 1.07 bits per heavy atom. The van der Waals surface area contributed by atoms with Gasteiger partial charge >= 0.3 is 6.01 Å². The lowest BCUT2D eigenvalue weighted by molar-refractivity contribution is -0.133. The van der Waals surface area contributed by atoms with Crippen molar-refractivity contribution in [1.29, 1.82) is 5.26 Å². The van der Waals surface area contributed by atoms with E-state index in [1.807, 2.05) is 0 Å². The van der Waals surface area contributed by atoms with Gasteiger partial charge in [0.25, 0.3) is 0 Å². The summed E-state index contributed by atoms with van der Waals surface area (Å²) in [6.07, 6.45) is 5.30. The summed E-state index contributed by atoms with van der Waals surface area (Å²) in [5.74, 6) is 0.459. The van der Waals surface area contributed by atoms with Crippen molar-refractivity contribution in [3.8, 4) is 12.1 Å². The maximum atomic E-state index is 13.6.